The summed E-state index contributed by atoms with van der Waals surface area (Å²) in [5.41, 5.74) is 3.25. The van der Waals surface area contributed by atoms with E-state index in [1.54, 1.807) is 23.5 Å². The Morgan fingerprint density at radius 3 is 2.43 bits per heavy atom. The van der Waals surface area contributed by atoms with Crippen molar-refractivity contribution in [1.82, 2.24) is 10.3 Å². The third-order valence-electron chi connectivity index (χ3n) is 4.39. The molecule has 0 aliphatic carbocycles. The summed E-state index contributed by atoms with van der Waals surface area (Å²) in [4.78, 5) is 30.0. The minimum Gasteiger partial charge on any atom is -0.349 e. The number of hydrogen-bond donors (Lipinski definition) is 3. The Bertz CT molecular complexity index is 984. The fraction of sp³-hybridized carbons (Fsp3) is 0.261. The molecular weight excluding hydrogens is 396 g/mol. The monoisotopic (exact) mass is 423 g/mol. The number of rotatable bonds is 8. The zero-order valence-electron chi connectivity index (χ0n) is 17.4. The molecule has 0 bridgehead atoms. The maximum atomic E-state index is 12.3. The van der Waals surface area contributed by atoms with E-state index in [4.69, 9.17) is 4.98 Å². The average molecular weight is 424 g/mol. The predicted octanol–water partition coefficient (Wildman–Crippen LogP) is 2.60. The van der Waals surface area contributed by atoms with Gasteiger partial charge in [0.15, 0.2) is 6.54 Å². The smallest absolute Gasteiger partial charge is 0.275 e. The van der Waals surface area contributed by atoms with Gasteiger partial charge in [0.1, 0.15) is 11.6 Å². The van der Waals surface area contributed by atoms with Crippen molar-refractivity contribution < 1.29 is 14.5 Å². The molecule has 1 atom stereocenters. The Hall–Kier alpha value is -3.03. The number of carbonyl (C=O) groups is 2. The second-order valence-electron chi connectivity index (χ2n) is 7.56. The lowest BCUT2D eigenvalue weighted by Gasteiger charge is -2.13. The van der Waals surface area contributed by atoms with Gasteiger partial charge in [-0.25, -0.2) is 4.98 Å². The fourth-order valence-electron chi connectivity index (χ4n) is 3.01. The molecule has 2 aromatic carbocycles. The summed E-state index contributed by atoms with van der Waals surface area (Å²) in [6.07, 6.45) is 0. The molecule has 0 fully saturated rings. The molecule has 0 saturated heterocycles. The SMILES string of the molecule is CC(C)NC(=O)C[NH+](C)Cc1nc(-c2ccc(NC(=O)c3ccccc3)cc2)cs1. The maximum Gasteiger partial charge on any atom is 0.275 e. The summed E-state index contributed by atoms with van der Waals surface area (Å²) in [7, 11) is 1.99. The van der Waals surface area contributed by atoms with Crippen LogP contribution in [0.2, 0.25) is 0 Å². The highest BCUT2D eigenvalue weighted by Gasteiger charge is 2.14. The molecule has 0 radical (unpaired) electrons. The van der Waals surface area contributed by atoms with Crippen molar-refractivity contribution in [3.8, 4) is 11.3 Å². The maximum absolute atomic E-state index is 12.3. The van der Waals surface area contributed by atoms with E-state index in [0.717, 1.165) is 26.9 Å². The number of nitrogens with one attached hydrogen (secondary N) is 3. The number of quaternary nitrogens is 1. The van der Waals surface area contributed by atoms with Crippen LogP contribution >= 0.6 is 11.3 Å². The Morgan fingerprint density at radius 2 is 1.77 bits per heavy atom. The molecule has 156 valence electrons. The first-order valence-corrected chi connectivity index (χ1v) is 10.8. The molecule has 0 saturated carbocycles. The molecule has 30 heavy (non-hydrogen) atoms. The van der Waals surface area contributed by atoms with E-state index in [1.807, 2.05) is 68.7 Å². The predicted molar refractivity (Wildman–Crippen MR) is 121 cm³/mol. The molecule has 3 aromatic rings. The Balaban J connectivity index is 1.57. The highest BCUT2D eigenvalue weighted by molar-refractivity contribution is 7.09. The van der Waals surface area contributed by atoms with Gasteiger partial charge < -0.3 is 15.5 Å². The topological polar surface area (TPSA) is 75.5 Å². The summed E-state index contributed by atoms with van der Waals surface area (Å²) in [5.74, 6) is -0.0840. The summed E-state index contributed by atoms with van der Waals surface area (Å²) in [6.45, 7) is 5.03. The van der Waals surface area contributed by atoms with Crippen LogP contribution in [0.5, 0.6) is 0 Å². The highest BCUT2D eigenvalue weighted by atomic mass is 32.1. The highest BCUT2D eigenvalue weighted by Crippen LogP contribution is 2.23. The normalized spacial score (nSPS) is 11.9. The van der Waals surface area contributed by atoms with Crippen LogP contribution in [0.3, 0.4) is 0 Å². The van der Waals surface area contributed by atoms with Crippen molar-refractivity contribution in [2.24, 2.45) is 0 Å². The third kappa shape index (κ3) is 6.23. The molecule has 2 amide bonds. The van der Waals surface area contributed by atoms with Gasteiger partial charge in [-0.3, -0.25) is 9.59 Å². The summed E-state index contributed by atoms with van der Waals surface area (Å²) < 4.78 is 0. The number of aromatic nitrogens is 1. The number of hydrogen-bond acceptors (Lipinski definition) is 4. The van der Waals surface area contributed by atoms with Gasteiger partial charge >= 0.3 is 0 Å². The van der Waals surface area contributed by atoms with Crippen LogP contribution in [0.25, 0.3) is 11.3 Å². The van der Waals surface area contributed by atoms with Crippen molar-refractivity contribution >= 4 is 28.8 Å². The lowest BCUT2D eigenvalue weighted by atomic mass is 10.1. The van der Waals surface area contributed by atoms with E-state index in [-0.39, 0.29) is 17.9 Å². The van der Waals surface area contributed by atoms with Gasteiger partial charge in [-0.2, -0.15) is 0 Å². The largest absolute Gasteiger partial charge is 0.349 e. The number of thiazole rings is 1. The molecule has 7 heteroatoms. The standard InChI is InChI=1S/C23H26N4O2S/c1-16(2)24-21(28)13-27(3)14-22-26-20(15-30-22)17-9-11-19(12-10-17)25-23(29)18-7-5-4-6-8-18/h4-12,15-16H,13-14H2,1-3H3,(H,24,28)(H,25,29)/p+1. The van der Waals surface area contributed by atoms with Gasteiger partial charge in [-0.15, -0.1) is 11.3 Å². The van der Waals surface area contributed by atoms with Gasteiger partial charge in [0.05, 0.1) is 12.7 Å². The first-order chi connectivity index (χ1) is 14.4. The van der Waals surface area contributed by atoms with Crippen LogP contribution in [0, 0.1) is 0 Å². The van der Waals surface area contributed by atoms with E-state index in [2.05, 4.69) is 10.6 Å². The van der Waals surface area contributed by atoms with Crippen LogP contribution in [0.4, 0.5) is 5.69 Å². The van der Waals surface area contributed by atoms with E-state index in [0.29, 0.717) is 18.7 Å². The number of amides is 2. The van der Waals surface area contributed by atoms with Crippen molar-refractivity contribution in [1.29, 1.82) is 0 Å². The van der Waals surface area contributed by atoms with Gasteiger partial charge in [0.2, 0.25) is 0 Å². The zero-order valence-corrected chi connectivity index (χ0v) is 18.3. The Labute approximate surface area is 181 Å². The second kappa shape index (κ2) is 10.1. The minimum absolute atomic E-state index is 0.0485. The minimum atomic E-state index is -0.133. The van der Waals surface area contributed by atoms with Crippen LogP contribution in [-0.2, 0) is 11.3 Å². The first-order valence-electron chi connectivity index (χ1n) is 9.92. The fourth-order valence-corrected chi connectivity index (χ4v) is 3.93. The van der Waals surface area contributed by atoms with Crippen LogP contribution in [-0.4, -0.2) is 36.4 Å². The lowest BCUT2D eigenvalue weighted by molar-refractivity contribution is -0.885. The number of benzene rings is 2. The van der Waals surface area contributed by atoms with Crippen molar-refractivity contribution in [2.75, 3.05) is 18.9 Å². The van der Waals surface area contributed by atoms with Crippen molar-refractivity contribution in [3.05, 3.63) is 70.5 Å². The number of likely N-dealkylation sites (N-methyl/N-ethyl adjacent to an activating group) is 1. The Kier molecular flexibility index (Phi) is 7.32. The van der Waals surface area contributed by atoms with Gasteiger partial charge in [0, 0.05) is 28.2 Å². The summed E-state index contributed by atoms with van der Waals surface area (Å²) in [6, 6.07) is 16.9. The average Bonchev–Trinajstić information content (AvgIpc) is 3.16. The van der Waals surface area contributed by atoms with Crippen LogP contribution in [0.1, 0.15) is 29.2 Å². The molecule has 3 N–H and O–H groups in total. The van der Waals surface area contributed by atoms with Crippen molar-refractivity contribution in [3.63, 3.8) is 0 Å². The third-order valence-corrected chi connectivity index (χ3v) is 5.24. The molecule has 0 aliphatic heterocycles. The molecule has 1 heterocycles. The number of nitrogens with zero attached hydrogens (tertiary/aromatic N) is 1. The number of carbonyl (C=O) groups excluding carboxylic acids is 2. The quantitative estimate of drug-likeness (QED) is 0.521. The summed E-state index contributed by atoms with van der Waals surface area (Å²) in [5, 5.41) is 8.82. The Morgan fingerprint density at radius 1 is 1.07 bits per heavy atom. The van der Waals surface area contributed by atoms with Gasteiger partial charge in [0.25, 0.3) is 11.8 Å². The lowest BCUT2D eigenvalue weighted by Crippen LogP contribution is -3.09. The first kappa shape index (κ1) is 21.7. The van der Waals surface area contributed by atoms with E-state index in [9.17, 15) is 9.59 Å². The molecule has 3 rings (SSSR count). The van der Waals surface area contributed by atoms with Gasteiger partial charge in [-0.05, 0) is 38.1 Å². The molecule has 1 aromatic heterocycles. The van der Waals surface area contributed by atoms with Crippen molar-refractivity contribution in [2.45, 2.75) is 26.4 Å². The molecule has 0 aliphatic rings. The van der Waals surface area contributed by atoms with Gasteiger partial charge in [-0.1, -0.05) is 30.3 Å². The van der Waals surface area contributed by atoms with E-state index >= 15 is 0 Å². The molecule has 1 unspecified atom stereocenters. The van der Waals surface area contributed by atoms with Crippen LogP contribution in [0.15, 0.2) is 60.0 Å². The van der Waals surface area contributed by atoms with E-state index in [1.165, 1.54) is 0 Å². The second-order valence-corrected chi connectivity index (χ2v) is 8.50. The zero-order chi connectivity index (χ0) is 21.5. The van der Waals surface area contributed by atoms with Crippen LogP contribution < -0.4 is 15.5 Å². The van der Waals surface area contributed by atoms with E-state index < -0.39 is 0 Å². The number of anilines is 1. The molecule has 6 nitrogen and oxygen atoms in total. The molecular formula is C23H27N4O2S+. The molecule has 0 spiro atoms. The summed E-state index contributed by atoms with van der Waals surface area (Å²) >= 11 is 1.59.